The molecule has 0 atom stereocenters. The first kappa shape index (κ1) is 17.7. The number of carbonyl (C=O) groups excluding carboxylic acids is 1. The molecule has 1 aliphatic carbocycles. The highest BCUT2D eigenvalue weighted by Gasteiger charge is 2.22. The zero-order valence-corrected chi connectivity index (χ0v) is 15.7. The average Bonchev–Trinajstić information content (AvgIpc) is 3.30. The third kappa shape index (κ3) is 3.31. The van der Waals surface area contributed by atoms with Crippen molar-refractivity contribution in [2.45, 2.75) is 37.8 Å². The summed E-state index contributed by atoms with van der Waals surface area (Å²) in [5.41, 5.74) is 9.99. The summed E-state index contributed by atoms with van der Waals surface area (Å²) >= 11 is 0. The molecule has 0 radical (unpaired) electrons. The monoisotopic (exact) mass is 391 g/mol. The van der Waals surface area contributed by atoms with Gasteiger partial charge in [0, 0.05) is 12.2 Å². The van der Waals surface area contributed by atoms with Crippen LogP contribution in [0.25, 0.3) is 27.9 Å². The number of anilines is 1. The molecule has 4 aromatic rings. The lowest BCUT2D eigenvalue weighted by Gasteiger charge is -2.26. The molecule has 1 aromatic carbocycles. The number of nitrogen functional groups attached to an aromatic ring is 1. The maximum atomic E-state index is 12.8. The van der Waals surface area contributed by atoms with E-state index in [4.69, 9.17) is 10.2 Å². The van der Waals surface area contributed by atoms with Gasteiger partial charge in [0.2, 0.25) is 0 Å². The lowest BCUT2D eigenvalue weighted by molar-refractivity contribution is 0.0862. The molecule has 148 valence electrons. The Hall–Kier alpha value is -3.39. The smallest absolute Gasteiger partial charge is 0.292 e. The third-order valence-electron chi connectivity index (χ3n) is 5.51. The van der Waals surface area contributed by atoms with Crippen LogP contribution in [0.15, 0.2) is 47.1 Å². The van der Waals surface area contributed by atoms with Gasteiger partial charge in [-0.2, -0.15) is 4.98 Å². The quantitative estimate of drug-likeness (QED) is 0.494. The van der Waals surface area contributed by atoms with Gasteiger partial charge >= 0.3 is 0 Å². The number of hydrogen-bond acceptors (Lipinski definition) is 6. The molecule has 0 saturated heterocycles. The number of rotatable bonds is 3. The lowest BCUT2D eigenvalue weighted by atomic mass is 9.93. The number of aromatic nitrogens is 3. The summed E-state index contributed by atoms with van der Waals surface area (Å²) in [5.74, 6) is -0.157. The number of aliphatic hydroxyl groups excluding tert-OH is 1. The second-order valence-corrected chi connectivity index (χ2v) is 7.50. The molecule has 0 bridgehead atoms. The van der Waals surface area contributed by atoms with Gasteiger partial charge in [-0.25, -0.2) is 4.98 Å². The Kier molecular flexibility index (Phi) is 4.21. The van der Waals surface area contributed by atoms with E-state index >= 15 is 0 Å². The lowest BCUT2D eigenvalue weighted by Crippen LogP contribution is -2.39. The predicted molar refractivity (Wildman–Crippen MR) is 108 cm³/mol. The van der Waals surface area contributed by atoms with Crippen LogP contribution in [0, 0.1) is 0 Å². The van der Waals surface area contributed by atoms with Crippen LogP contribution in [-0.4, -0.2) is 37.5 Å². The Balaban J connectivity index is 1.45. The highest BCUT2D eigenvalue weighted by Crippen LogP contribution is 2.26. The molecule has 1 saturated carbocycles. The number of pyridine rings is 1. The van der Waals surface area contributed by atoms with Crippen molar-refractivity contribution in [1.82, 2.24) is 19.7 Å². The van der Waals surface area contributed by atoms with Crippen molar-refractivity contribution >= 4 is 28.7 Å². The molecule has 4 N–H and O–H groups in total. The van der Waals surface area contributed by atoms with E-state index in [1.54, 1.807) is 10.6 Å². The number of benzene rings is 1. The van der Waals surface area contributed by atoms with E-state index in [0.29, 0.717) is 22.4 Å². The molecule has 1 amide bonds. The number of imidazole rings is 1. The largest absolute Gasteiger partial charge is 0.424 e. The Morgan fingerprint density at radius 2 is 1.97 bits per heavy atom. The van der Waals surface area contributed by atoms with Crippen LogP contribution in [0.1, 0.15) is 36.2 Å². The highest BCUT2D eigenvalue weighted by atomic mass is 16.4. The van der Waals surface area contributed by atoms with Crippen LogP contribution in [0.2, 0.25) is 0 Å². The summed E-state index contributed by atoms with van der Waals surface area (Å²) in [4.78, 5) is 21.4. The fourth-order valence-electron chi connectivity index (χ4n) is 3.92. The van der Waals surface area contributed by atoms with E-state index < -0.39 is 0 Å². The fourth-order valence-corrected chi connectivity index (χ4v) is 3.92. The second-order valence-electron chi connectivity index (χ2n) is 7.50. The summed E-state index contributed by atoms with van der Waals surface area (Å²) in [6.07, 6.45) is 6.25. The summed E-state index contributed by atoms with van der Waals surface area (Å²) in [6.45, 7) is 0. The van der Waals surface area contributed by atoms with Crippen molar-refractivity contribution in [2.24, 2.45) is 0 Å². The molecule has 8 heteroatoms. The molecule has 0 spiro atoms. The maximum absolute atomic E-state index is 12.8. The summed E-state index contributed by atoms with van der Waals surface area (Å²) in [5, 5.41) is 12.7. The summed E-state index contributed by atoms with van der Waals surface area (Å²) < 4.78 is 7.12. The molecule has 29 heavy (non-hydrogen) atoms. The van der Waals surface area contributed by atoms with Crippen LogP contribution in [0.5, 0.6) is 0 Å². The standard InChI is InChI=1S/C21H21N5O3/c22-21-25-16-9-12(1-7-18(16)29-21)13-2-8-19-23-10-17(26(19)11-13)20(28)24-14-3-5-15(27)6-4-14/h1-2,7-11,14-15,27H,3-6H2,(H2,22,25)(H,24,28)/t14-,15-. The van der Waals surface area contributed by atoms with Crippen molar-refractivity contribution in [1.29, 1.82) is 0 Å². The van der Waals surface area contributed by atoms with E-state index in [-0.39, 0.29) is 24.1 Å². The van der Waals surface area contributed by atoms with Crippen molar-refractivity contribution in [3.05, 3.63) is 48.4 Å². The molecule has 0 unspecified atom stereocenters. The maximum Gasteiger partial charge on any atom is 0.292 e. The van der Waals surface area contributed by atoms with Gasteiger partial charge in [0.25, 0.3) is 11.9 Å². The third-order valence-corrected chi connectivity index (χ3v) is 5.51. The number of nitrogens with zero attached hydrogens (tertiary/aromatic N) is 3. The van der Waals surface area contributed by atoms with Crippen LogP contribution >= 0.6 is 0 Å². The molecular formula is C21H21N5O3. The van der Waals surface area contributed by atoms with Crippen LogP contribution in [0.4, 0.5) is 6.01 Å². The zero-order chi connectivity index (χ0) is 20.0. The number of fused-ring (bicyclic) bond motifs is 2. The number of carbonyl (C=O) groups is 1. The number of nitrogens with one attached hydrogen (secondary N) is 1. The van der Waals surface area contributed by atoms with Gasteiger partial charge in [-0.1, -0.05) is 6.07 Å². The van der Waals surface area contributed by atoms with Gasteiger partial charge in [-0.3, -0.25) is 9.20 Å². The Bertz CT molecular complexity index is 1200. The molecule has 0 aliphatic heterocycles. The SMILES string of the molecule is Nc1nc2cc(-c3ccc4ncc(C(=O)N[C@H]5CC[C@H](O)CC5)n4c3)ccc2o1. The molecular weight excluding hydrogens is 370 g/mol. The molecule has 3 heterocycles. The molecule has 5 rings (SSSR count). The van der Waals surface area contributed by atoms with E-state index in [1.807, 2.05) is 36.5 Å². The van der Waals surface area contributed by atoms with Crippen LogP contribution in [0.3, 0.4) is 0 Å². The van der Waals surface area contributed by atoms with Gasteiger partial charge in [0.15, 0.2) is 5.58 Å². The minimum Gasteiger partial charge on any atom is -0.424 e. The molecule has 3 aromatic heterocycles. The van der Waals surface area contributed by atoms with Crippen molar-refractivity contribution < 1.29 is 14.3 Å². The van der Waals surface area contributed by atoms with Crippen LogP contribution < -0.4 is 11.1 Å². The Morgan fingerprint density at radius 3 is 2.79 bits per heavy atom. The Labute approximate surface area is 166 Å². The topological polar surface area (TPSA) is 119 Å². The van der Waals surface area contributed by atoms with Crippen LogP contribution in [-0.2, 0) is 0 Å². The highest BCUT2D eigenvalue weighted by molar-refractivity contribution is 5.93. The first-order valence-corrected chi connectivity index (χ1v) is 9.69. The zero-order valence-electron chi connectivity index (χ0n) is 15.7. The van der Waals surface area contributed by atoms with Crippen molar-refractivity contribution in [2.75, 3.05) is 5.73 Å². The summed E-state index contributed by atoms with van der Waals surface area (Å²) in [7, 11) is 0. The fraction of sp³-hybridized carbons (Fsp3) is 0.286. The van der Waals surface area contributed by atoms with Gasteiger partial charge in [0.05, 0.1) is 12.3 Å². The number of amides is 1. The van der Waals surface area contributed by atoms with Gasteiger partial charge in [0.1, 0.15) is 16.9 Å². The predicted octanol–water partition coefficient (Wildman–Crippen LogP) is 2.76. The van der Waals surface area contributed by atoms with Gasteiger partial charge in [-0.15, -0.1) is 0 Å². The van der Waals surface area contributed by atoms with Crippen molar-refractivity contribution in [3.8, 4) is 11.1 Å². The minimum atomic E-state index is -0.251. The first-order valence-electron chi connectivity index (χ1n) is 9.69. The summed E-state index contributed by atoms with van der Waals surface area (Å²) in [6, 6.07) is 9.72. The van der Waals surface area contributed by atoms with E-state index in [2.05, 4.69) is 15.3 Å². The van der Waals surface area contributed by atoms with E-state index in [9.17, 15) is 9.90 Å². The number of aliphatic hydroxyl groups is 1. The molecule has 8 nitrogen and oxygen atoms in total. The van der Waals surface area contributed by atoms with Gasteiger partial charge < -0.3 is 20.6 Å². The average molecular weight is 391 g/mol. The number of oxazole rings is 1. The normalized spacial score (nSPS) is 19.6. The second kappa shape index (κ2) is 6.89. The van der Waals surface area contributed by atoms with Crippen molar-refractivity contribution in [3.63, 3.8) is 0 Å². The minimum absolute atomic E-state index is 0.0830. The first-order chi connectivity index (χ1) is 14.1. The van der Waals surface area contributed by atoms with E-state index in [0.717, 1.165) is 36.8 Å². The van der Waals surface area contributed by atoms with E-state index in [1.165, 1.54) is 0 Å². The number of hydrogen-bond donors (Lipinski definition) is 3. The molecule has 1 aliphatic rings. The Morgan fingerprint density at radius 1 is 1.17 bits per heavy atom. The number of nitrogens with two attached hydrogens (primary N) is 1. The molecule has 1 fully saturated rings. The van der Waals surface area contributed by atoms with Gasteiger partial charge in [-0.05, 0) is 61.1 Å².